The van der Waals surface area contributed by atoms with Gasteiger partial charge < -0.3 is 15.4 Å². The van der Waals surface area contributed by atoms with Crippen LogP contribution in [0.1, 0.15) is 22.8 Å². The number of nitrogen functional groups attached to an aromatic ring is 1. The fourth-order valence-corrected chi connectivity index (χ4v) is 4.15. The number of fused-ring (bicyclic) bond motifs is 1. The third kappa shape index (κ3) is 3.48. The van der Waals surface area contributed by atoms with Crippen LogP contribution < -0.4 is 10.6 Å². The van der Waals surface area contributed by atoms with Crippen molar-refractivity contribution in [3.8, 4) is 11.3 Å². The molecular weight excluding hydrogens is 376 g/mol. The van der Waals surface area contributed by atoms with Gasteiger partial charge in [-0.3, -0.25) is 4.98 Å². The van der Waals surface area contributed by atoms with Crippen LogP contribution in [-0.2, 0) is 4.74 Å². The number of rotatable bonds is 3. The van der Waals surface area contributed by atoms with E-state index in [0.29, 0.717) is 12.3 Å². The van der Waals surface area contributed by atoms with E-state index in [9.17, 15) is 0 Å². The topological polar surface area (TPSA) is 81.6 Å². The number of hydrogen-bond acceptors (Lipinski definition) is 6. The van der Waals surface area contributed by atoms with E-state index in [4.69, 9.17) is 10.5 Å². The Morgan fingerprint density at radius 1 is 1.07 bits per heavy atom. The Labute approximate surface area is 175 Å². The second kappa shape index (κ2) is 7.42. The zero-order valence-electron chi connectivity index (χ0n) is 17.1. The van der Waals surface area contributed by atoms with Crippen LogP contribution in [-0.4, -0.2) is 39.3 Å². The van der Waals surface area contributed by atoms with Gasteiger partial charge in [0, 0.05) is 36.7 Å². The minimum absolute atomic E-state index is 0.0754. The van der Waals surface area contributed by atoms with E-state index in [1.165, 1.54) is 22.4 Å². The van der Waals surface area contributed by atoms with Gasteiger partial charge in [-0.2, -0.15) is 4.98 Å². The number of nitrogens with zero attached hydrogens (tertiary/aromatic N) is 5. The number of hydrogen-bond donors (Lipinski definition) is 1. The van der Waals surface area contributed by atoms with Gasteiger partial charge in [-0.1, -0.05) is 41.5 Å². The van der Waals surface area contributed by atoms with E-state index in [0.717, 1.165) is 24.3 Å². The van der Waals surface area contributed by atoms with Crippen molar-refractivity contribution in [2.24, 2.45) is 0 Å². The first-order chi connectivity index (χ1) is 14.6. The van der Waals surface area contributed by atoms with Crippen LogP contribution in [0.2, 0.25) is 0 Å². The standard InChI is InChI=1S/C23H24N6O/c1-15-11-16(2)13-18(12-15)20-14-28(9-10-30-20)19-5-3-17(4-6-19)21-22-26-23(24)27-29(22)8-7-25-21/h3-8,11-13,20H,9-10,14H2,1-2H3,(H2,24,27). The first kappa shape index (κ1) is 18.6. The van der Waals surface area contributed by atoms with Crippen LogP contribution >= 0.6 is 0 Å². The second-order valence-electron chi connectivity index (χ2n) is 7.79. The van der Waals surface area contributed by atoms with Crippen molar-refractivity contribution in [3.05, 3.63) is 71.5 Å². The van der Waals surface area contributed by atoms with Crippen molar-refractivity contribution in [3.63, 3.8) is 0 Å². The summed E-state index contributed by atoms with van der Waals surface area (Å²) in [7, 11) is 0. The van der Waals surface area contributed by atoms with E-state index >= 15 is 0 Å². The number of morpholine rings is 1. The summed E-state index contributed by atoms with van der Waals surface area (Å²) >= 11 is 0. The molecule has 2 aromatic heterocycles. The number of ether oxygens (including phenoxy) is 1. The highest BCUT2D eigenvalue weighted by Crippen LogP contribution is 2.29. The van der Waals surface area contributed by atoms with Gasteiger partial charge in [-0.05, 0) is 31.5 Å². The third-order valence-corrected chi connectivity index (χ3v) is 5.46. The number of aryl methyl sites for hydroxylation is 2. The lowest BCUT2D eigenvalue weighted by Crippen LogP contribution is -2.38. The highest BCUT2D eigenvalue weighted by atomic mass is 16.5. The Morgan fingerprint density at radius 3 is 2.60 bits per heavy atom. The maximum absolute atomic E-state index is 6.09. The number of benzene rings is 2. The molecular formula is C23H24N6O. The molecule has 0 amide bonds. The molecule has 0 spiro atoms. The van der Waals surface area contributed by atoms with Crippen molar-refractivity contribution < 1.29 is 4.74 Å². The molecule has 1 atom stereocenters. The Balaban J connectivity index is 1.39. The van der Waals surface area contributed by atoms with Gasteiger partial charge in [-0.25, -0.2) is 4.52 Å². The van der Waals surface area contributed by atoms with Crippen molar-refractivity contribution >= 4 is 17.3 Å². The molecule has 5 rings (SSSR count). The van der Waals surface area contributed by atoms with Crippen LogP contribution in [0.25, 0.3) is 16.9 Å². The molecule has 3 heterocycles. The molecule has 2 aromatic carbocycles. The summed E-state index contributed by atoms with van der Waals surface area (Å²) in [6.45, 7) is 6.67. The smallest absolute Gasteiger partial charge is 0.240 e. The molecule has 0 bridgehead atoms. The predicted molar refractivity (Wildman–Crippen MR) is 117 cm³/mol. The summed E-state index contributed by atoms with van der Waals surface area (Å²) < 4.78 is 7.74. The summed E-state index contributed by atoms with van der Waals surface area (Å²) in [4.78, 5) is 11.2. The van der Waals surface area contributed by atoms with Gasteiger partial charge in [-0.15, -0.1) is 5.10 Å². The molecule has 1 aliphatic heterocycles. The molecule has 1 saturated heterocycles. The van der Waals surface area contributed by atoms with E-state index in [1.807, 2.05) is 0 Å². The van der Waals surface area contributed by atoms with Gasteiger partial charge in [0.05, 0.1) is 6.61 Å². The summed E-state index contributed by atoms with van der Waals surface area (Å²) in [6, 6.07) is 15.0. The van der Waals surface area contributed by atoms with E-state index < -0.39 is 0 Å². The lowest BCUT2D eigenvalue weighted by Gasteiger charge is -2.35. The SMILES string of the molecule is Cc1cc(C)cc(C2CN(c3ccc(-c4nccn5nc(N)nc45)cc3)CCO2)c1. The van der Waals surface area contributed by atoms with Crippen LogP contribution in [0.15, 0.2) is 54.9 Å². The van der Waals surface area contributed by atoms with Crippen molar-refractivity contribution in [1.82, 2.24) is 19.6 Å². The third-order valence-electron chi connectivity index (χ3n) is 5.46. The van der Waals surface area contributed by atoms with E-state index in [2.05, 4.69) is 76.3 Å². The largest absolute Gasteiger partial charge is 0.370 e. The average molecular weight is 400 g/mol. The maximum Gasteiger partial charge on any atom is 0.240 e. The Kier molecular flexibility index (Phi) is 4.59. The van der Waals surface area contributed by atoms with Crippen LogP contribution in [0, 0.1) is 13.8 Å². The van der Waals surface area contributed by atoms with Crippen LogP contribution in [0.5, 0.6) is 0 Å². The molecule has 152 valence electrons. The highest BCUT2D eigenvalue weighted by Gasteiger charge is 2.23. The Morgan fingerprint density at radius 2 is 1.83 bits per heavy atom. The number of aromatic nitrogens is 4. The summed E-state index contributed by atoms with van der Waals surface area (Å²) in [5.41, 5.74) is 13.1. The fourth-order valence-electron chi connectivity index (χ4n) is 4.15. The lowest BCUT2D eigenvalue weighted by molar-refractivity contribution is 0.0397. The highest BCUT2D eigenvalue weighted by molar-refractivity contribution is 5.75. The molecule has 1 unspecified atom stereocenters. The van der Waals surface area contributed by atoms with Gasteiger partial charge in [0.25, 0.3) is 0 Å². The summed E-state index contributed by atoms with van der Waals surface area (Å²) in [5, 5.41) is 4.16. The van der Waals surface area contributed by atoms with Gasteiger partial charge in [0.15, 0.2) is 5.65 Å². The van der Waals surface area contributed by atoms with Crippen LogP contribution in [0.3, 0.4) is 0 Å². The minimum Gasteiger partial charge on any atom is -0.370 e. The molecule has 2 N–H and O–H groups in total. The quantitative estimate of drug-likeness (QED) is 0.566. The average Bonchev–Trinajstić information content (AvgIpc) is 3.13. The molecule has 1 fully saturated rings. The molecule has 0 aliphatic carbocycles. The molecule has 0 saturated carbocycles. The molecule has 1 aliphatic rings. The van der Waals surface area contributed by atoms with E-state index in [-0.39, 0.29) is 12.1 Å². The zero-order valence-corrected chi connectivity index (χ0v) is 17.1. The normalized spacial score (nSPS) is 16.9. The molecule has 0 radical (unpaired) electrons. The second-order valence-corrected chi connectivity index (χ2v) is 7.79. The monoisotopic (exact) mass is 400 g/mol. The van der Waals surface area contributed by atoms with Crippen molar-refractivity contribution in [2.45, 2.75) is 20.0 Å². The number of anilines is 2. The Bertz CT molecular complexity index is 1180. The summed E-state index contributed by atoms with van der Waals surface area (Å²) in [5.74, 6) is 0.242. The maximum atomic E-state index is 6.09. The predicted octanol–water partition coefficient (Wildman–Crippen LogP) is 3.57. The van der Waals surface area contributed by atoms with Gasteiger partial charge in [0.2, 0.25) is 5.95 Å². The zero-order chi connectivity index (χ0) is 20.7. The summed E-state index contributed by atoms with van der Waals surface area (Å²) in [6.07, 6.45) is 3.53. The lowest BCUT2D eigenvalue weighted by atomic mass is 10.0. The molecule has 30 heavy (non-hydrogen) atoms. The van der Waals surface area contributed by atoms with Crippen LogP contribution in [0.4, 0.5) is 11.6 Å². The van der Waals surface area contributed by atoms with Crippen molar-refractivity contribution in [1.29, 1.82) is 0 Å². The first-order valence-electron chi connectivity index (χ1n) is 10.1. The molecule has 7 nitrogen and oxygen atoms in total. The minimum atomic E-state index is 0.0754. The molecule has 7 heteroatoms. The van der Waals surface area contributed by atoms with Crippen molar-refractivity contribution in [2.75, 3.05) is 30.3 Å². The number of nitrogens with two attached hydrogens (primary N) is 1. The first-order valence-corrected chi connectivity index (χ1v) is 10.1. The molecule has 4 aromatic rings. The van der Waals surface area contributed by atoms with Gasteiger partial charge >= 0.3 is 0 Å². The fraction of sp³-hybridized carbons (Fsp3) is 0.261. The Hall–Kier alpha value is -3.45. The van der Waals surface area contributed by atoms with Gasteiger partial charge in [0.1, 0.15) is 11.8 Å². The van der Waals surface area contributed by atoms with E-state index in [1.54, 1.807) is 16.9 Å².